The van der Waals surface area contributed by atoms with Gasteiger partial charge in [-0.15, -0.1) is 0 Å². The van der Waals surface area contributed by atoms with E-state index in [1.165, 1.54) is 5.57 Å². The minimum atomic E-state index is 0.0419. The monoisotopic (exact) mass is 262 g/mol. The van der Waals surface area contributed by atoms with Crippen LogP contribution < -0.4 is 0 Å². The van der Waals surface area contributed by atoms with Crippen molar-refractivity contribution in [2.75, 3.05) is 0 Å². The smallest absolute Gasteiger partial charge is 0.166 e. The van der Waals surface area contributed by atoms with E-state index in [0.717, 1.165) is 19.3 Å². The van der Waals surface area contributed by atoms with Crippen LogP contribution >= 0.6 is 0 Å². The van der Waals surface area contributed by atoms with Crippen LogP contribution in [0.25, 0.3) is 0 Å². The van der Waals surface area contributed by atoms with Gasteiger partial charge in [-0.3, -0.25) is 9.59 Å². The standard InChI is InChI=1S/C17H26O2/c1-12(2)6-5-7-13(3)8-9-15-16(18)10-14(4)11-17(15)19/h6,9,13-14H,5,7-8,10-11H2,1-4H3. The second-order valence-electron chi connectivity index (χ2n) is 6.18. The topological polar surface area (TPSA) is 34.1 Å². The van der Waals surface area contributed by atoms with Crippen LogP contribution in [0.5, 0.6) is 0 Å². The van der Waals surface area contributed by atoms with Crippen molar-refractivity contribution in [3.8, 4) is 0 Å². The SMILES string of the molecule is CC(C)=CCCC(C)CC=C1C(=O)CC(C)CC1=O. The molecule has 1 atom stereocenters. The molecule has 0 amide bonds. The average molecular weight is 262 g/mol. The molecule has 0 radical (unpaired) electrons. The maximum Gasteiger partial charge on any atom is 0.166 e. The fourth-order valence-electron chi connectivity index (χ4n) is 2.40. The molecule has 0 heterocycles. The fourth-order valence-corrected chi connectivity index (χ4v) is 2.40. The van der Waals surface area contributed by atoms with Crippen molar-refractivity contribution in [2.24, 2.45) is 11.8 Å². The summed E-state index contributed by atoms with van der Waals surface area (Å²) in [4.78, 5) is 23.7. The molecule has 19 heavy (non-hydrogen) atoms. The molecule has 0 aromatic carbocycles. The normalized spacial score (nSPS) is 21.3. The number of allylic oxidation sites excluding steroid dienone is 4. The molecule has 1 saturated carbocycles. The lowest BCUT2D eigenvalue weighted by molar-refractivity contribution is -0.125. The number of hydrogen-bond acceptors (Lipinski definition) is 2. The van der Waals surface area contributed by atoms with E-state index in [4.69, 9.17) is 0 Å². The van der Waals surface area contributed by atoms with Crippen molar-refractivity contribution >= 4 is 11.6 Å². The molecule has 0 N–H and O–H groups in total. The largest absolute Gasteiger partial charge is 0.294 e. The van der Waals surface area contributed by atoms with Crippen LogP contribution in [0, 0.1) is 11.8 Å². The number of Topliss-reactive ketones (excluding diaryl/α,β-unsaturated/α-hetero) is 2. The average Bonchev–Trinajstić information content (AvgIpc) is 2.26. The van der Waals surface area contributed by atoms with Crippen LogP contribution in [0.2, 0.25) is 0 Å². The third-order valence-electron chi connectivity index (χ3n) is 3.60. The molecular formula is C17H26O2. The summed E-state index contributed by atoms with van der Waals surface area (Å²) in [5.41, 5.74) is 1.81. The van der Waals surface area contributed by atoms with E-state index in [-0.39, 0.29) is 17.5 Å². The molecule has 1 unspecified atom stereocenters. The summed E-state index contributed by atoms with van der Waals surface area (Å²) in [5.74, 6) is 0.816. The highest BCUT2D eigenvalue weighted by atomic mass is 16.1. The predicted octanol–water partition coefficient (Wildman–Crippen LogP) is 4.25. The molecule has 1 fully saturated rings. The quantitative estimate of drug-likeness (QED) is 0.421. The van der Waals surface area contributed by atoms with Crippen LogP contribution in [-0.4, -0.2) is 11.6 Å². The Hall–Kier alpha value is -1.18. The predicted molar refractivity (Wildman–Crippen MR) is 78.9 cm³/mol. The van der Waals surface area contributed by atoms with Crippen LogP contribution in [0.1, 0.15) is 59.8 Å². The van der Waals surface area contributed by atoms with Crippen LogP contribution in [0.4, 0.5) is 0 Å². The minimum absolute atomic E-state index is 0.0419. The lowest BCUT2D eigenvalue weighted by Crippen LogP contribution is -2.24. The zero-order valence-electron chi connectivity index (χ0n) is 12.7. The Bertz CT molecular complexity index is 377. The summed E-state index contributed by atoms with van der Waals surface area (Å²) < 4.78 is 0. The van der Waals surface area contributed by atoms with Gasteiger partial charge in [-0.1, -0.05) is 31.6 Å². The van der Waals surface area contributed by atoms with Crippen LogP contribution in [0.3, 0.4) is 0 Å². The number of hydrogen-bond donors (Lipinski definition) is 0. The summed E-state index contributed by atoms with van der Waals surface area (Å²) in [5, 5.41) is 0. The third kappa shape index (κ3) is 5.54. The molecule has 1 aliphatic rings. The molecule has 2 nitrogen and oxygen atoms in total. The summed E-state index contributed by atoms with van der Waals surface area (Å²) in [7, 11) is 0. The number of carbonyl (C=O) groups is 2. The molecule has 2 heteroatoms. The van der Waals surface area contributed by atoms with E-state index in [0.29, 0.717) is 24.3 Å². The summed E-state index contributed by atoms with van der Waals surface area (Å²) >= 11 is 0. The molecule has 0 bridgehead atoms. The Kier molecular flexibility index (Phi) is 6.20. The number of ketones is 2. The molecule has 106 valence electrons. The van der Waals surface area contributed by atoms with Gasteiger partial charge >= 0.3 is 0 Å². The van der Waals surface area contributed by atoms with E-state index in [9.17, 15) is 9.59 Å². The summed E-state index contributed by atoms with van der Waals surface area (Å²) in [6.07, 6.45) is 8.19. The molecular weight excluding hydrogens is 236 g/mol. The highest BCUT2D eigenvalue weighted by Gasteiger charge is 2.27. The first kappa shape index (κ1) is 15.9. The van der Waals surface area contributed by atoms with E-state index in [1.807, 2.05) is 13.0 Å². The summed E-state index contributed by atoms with van der Waals surface area (Å²) in [6.45, 7) is 8.35. The summed E-state index contributed by atoms with van der Waals surface area (Å²) in [6, 6.07) is 0. The number of rotatable bonds is 5. The molecule has 0 aliphatic heterocycles. The first-order chi connectivity index (χ1) is 8.90. The Labute approximate surface area is 117 Å². The Morgan fingerprint density at radius 1 is 1.26 bits per heavy atom. The molecule has 0 aromatic rings. The first-order valence-electron chi connectivity index (χ1n) is 7.30. The van der Waals surface area contributed by atoms with Crippen molar-refractivity contribution in [1.29, 1.82) is 0 Å². The van der Waals surface area contributed by atoms with Gasteiger partial charge in [0.25, 0.3) is 0 Å². The van der Waals surface area contributed by atoms with Crippen molar-refractivity contribution in [3.63, 3.8) is 0 Å². The molecule has 1 aliphatic carbocycles. The van der Waals surface area contributed by atoms with Gasteiger partial charge in [-0.25, -0.2) is 0 Å². The molecule has 0 aromatic heterocycles. The van der Waals surface area contributed by atoms with Gasteiger partial charge in [0.15, 0.2) is 11.6 Å². The first-order valence-corrected chi connectivity index (χ1v) is 7.30. The van der Waals surface area contributed by atoms with Gasteiger partial charge in [0, 0.05) is 12.8 Å². The van der Waals surface area contributed by atoms with Gasteiger partial charge < -0.3 is 0 Å². The third-order valence-corrected chi connectivity index (χ3v) is 3.60. The van der Waals surface area contributed by atoms with Crippen molar-refractivity contribution < 1.29 is 9.59 Å². The molecule has 0 saturated heterocycles. The molecule has 1 rings (SSSR count). The molecule has 0 spiro atoms. The number of carbonyl (C=O) groups excluding carboxylic acids is 2. The fraction of sp³-hybridized carbons (Fsp3) is 0.647. The lowest BCUT2D eigenvalue weighted by atomic mass is 9.84. The van der Waals surface area contributed by atoms with Gasteiger partial charge in [0.1, 0.15) is 0 Å². The van der Waals surface area contributed by atoms with E-state index in [1.54, 1.807) is 0 Å². The van der Waals surface area contributed by atoms with Crippen LogP contribution in [0.15, 0.2) is 23.3 Å². The Balaban J connectivity index is 2.49. The maximum absolute atomic E-state index is 11.8. The van der Waals surface area contributed by atoms with Gasteiger partial charge in [0.2, 0.25) is 0 Å². The van der Waals surface area contributed by atoms with E-state index in [2.05, 4.69) is 26.8 Å². The lowest BCUT2D eigenvalue weighted by Gasteiger charge is -2.18. The van der Waals surface area contributed by atoms with E-state index < -0.39 is 0 Å². The Morgan fingerprint density at radius 3 is 2.37 bits per heavy atom. The Morgan fingerprint density at radius 2 is 1.84 bits per heavy atom. The van der Waals surface area contributed by atoms with Crippen molar-refractivity contribution in [1.82, 2.24) is 0 Å². The second kappa shape index (κ2) is 7.42. The highest BCUT2D eigenvalue weighted by molar-refractivity contribution is 6.21. The highest BCUT2D eigenvalue weighted by Crippen LogP contribution is 2.23. The second-order valence-corrected chi connectivity index (χ2v) is 6.18. The van der Waals surface area contributed by atoms with Crippen LogP contribution in [-0.2, 0) is 9.59 Å². The zero-order valence-corrected chi connectivity index (χ0v) is 12.7. The van der Waals surface area contributed by atoms with Gasteiger partial charge in [-0.05, 0) is 44.9 Å². The maximum atomic E-state index is 11.8. The van der Waals surface area contributed by atoms with Crippen molar-refractivity contribution in [2.45, 2.75) is 59.8 Å². The minimum Gasteiger partial charge on any atom is -0.294 e. The van der Waals surface area contributed by atoms with Gasteiger partial charge in [-0.2, -0.15) is 0 Å². The van der Waals surface area contributed by atoms with E-state index >= 15 is 0 Å². The van der Waals surface area contributed by atoms with Crippen molar-refractivity contribution in [3.05, 3.63) is 23.3 Å². The van der Waals surface area contributed by atoms with Gasteiger partial charge in [0.05, 0.1) is 5.57 Å². The zero-order chi connectivity index (χ0) is 14.4.